The summed E-state index contributed by atoms with van der Waals surface area (Å²) < 4.78 is 32.3. The quantitative estimate of drug-likeness (QED) is 0.654. The van der Waals surface area contributed by atoms with Gasteiger partial charge in [-0.2, -0.15) is 4.98 Å². The van der Waals surface area contributed by atoms with Gasteiger partial charge in [-0.15, -0.1) is 0 Å². The van der Waals surface area contributed by atoms with Crippen molar-refractivity contribution in [2.75, 3.05) is 6.54 Å². The molecule has 1 aromatic heterocycles. The molecule has 4 rings (SSSR count). The number of benzene rings is 2. The minimum absolute atomic E-state index is 0.0507. The molecule has 2 heterocycles. The molecule has 1 saturated heterocycles. The van der Waals surface area contributed by atoms with Crippen LogP contribution in [0.15, 0.2) is 47.0 Å². The van der Waals surface area contributed by atoms with E-state index in [0.717, 1.165) is 24.6 Å². The molecule has 1 fully saturated rings. The van der Waals surface area contributed by atoms with Gasteiger partial charge in [0, 0.05) is 23.7 Å². The fourth-order valence-corrected chi connectivity index (χ4v) is 3.45. The van der Waals surface area contributed by atoms with Crippen LogP contribution in [0.4, 0.5) is 8.78 Å². The fourth-order valence-electron chi connectivity index (χ4n) is 3.23. The number of aromatic nitrogens is 2. The molecule has 1 aliphatic heterocycles. The van der Waals surface area contributed by atoms with Crippen LogP contribution in [0.5, 0.6) is 0 Å². The van der Waals surface area contributed by atoms with Crippen molar-refractivity contribution in [3.8, 4) is 11.4 Å². The molecule has 1 amide bonds. The van der Waals surface area contributed by atoms with E-state index >= 15 is 0 Å². The lowest BCUT2D eigenvalue weighted by Crippen LogP contribution is -2.30. The standard InChI is InChI=1S/C19H14ClF2N3O2/c20-15-5-2-1-4-14(15)17-23-18(27-24-17)16-6-3-7-25(16)19(26)11-8-12(21)10-13(22)9-11/h1-2,4-5,8-10,16H,3,6-7H2. The summed E-state index contributed by atoms with van der Waals surface area (Å²) in [7, 11) is 0. The van der Waals surface area contributed by atoms with Crippen molar-refractivity contribution in [2.24, 2.45) is 0 Å². The Morgan fingerprint density at radius 2 is 1.93 bits per heavy atom. The number of amides is 1. The van der Waals surface area contributed by atoms with Crippen molar-refractivity contribution >= 4 is 17.5 Å². The molecule has 3 aromatic rings. The van der Waals surface area contributed by atoms with Gasteiger partial charge in [-0.1, -0.05) is 28.9 Å². The van der Waals surface area contributed by atoms with E-state index in [1.807, 2.05) is 0 Å². The van der Waals surface area contributed by atoms with Gasteiger partial charge in [-0.25, -0.2) is 8.78 Å². The molecule has 1 unspecified atom stereocenters. The predicted octanol–water partition coefficient (Wildman–Crippen LogP) is 4.65. The van der Waals surface area contributed by atoms with Gasteiger partial charge < -0.3 is 9.42 Å². The van der Waals surface area contributed by atoms with Crippen LogP contribution in [-0.2, 0) is 0 Å². The predicted molar refractivity (Wildman–Crippen MR) is 94.1 cm³/mol. The first-order valence-electron chi connectivity index (χ1n) is 8.38. The lowest BCUT2D eigenvalue weighted by atomic mass is 10.1. The van der Waals surface area contributed by atoms with Crippen LogP contribution in [0, 0.1) is 11.6 Å². The maximum Gasteiger partial charge on any atom is 0.254 e. The molecule has 0 radical (unpaired) electrons. The largest absolute Gasteiger partial charge is 0.337 e. The highest BCUT2D eigenvalue weighted by atomic mass is 35.5. The van der Waals surface area contributed by atoms with Gasteiger partial charge in [0.1, 0.15) is 17.7 Å². The molecule has 0 spiro atoms. The molecule has 138 valence electrons. The summed E-state index contributed by atoms with van der Waals surface area (Å²) in [5.74, 6) is -1.48. The third-order valence-corrected chi connectivity index (χ3v) is 4.79. The summed E-state index contributed by atoms with van der Waals surface area (Å²) in [6.07, 6.45) is 1.34. The van der Waals surface area contributed by atoms with Gasteiger partial charge in [0.25, 0.3) is 5.91 Å². The van der Waals surface area contributed by atoms with Crippen LogP contribution in [0.25, 0.3) is 11.4 Å². The highest BCUT2D eigenvalue weighted by Crippen LogP contribution is 2.34. The van der Waals surface area contributed by atoms with Gasteiger partial charge >= 0.3 is 0 Å². The third kappa shape index (κ3) is 3.42. The van der Waals surface area contributed by atoms with E-state index in [2.05, 4.69) is 10.1 Å². The van der Waals surface area contributed by atoms with E-state index in [0.29, 0.717) is 29.4 Å². The molecular weight excluding hydrogens is 376 g/mol. The van der Waals surface area contributed by atoms with Crippen molar-refractivity contribution < 1.29 is 18.1 Å². The molecule has 5 nitrogen and oxygen atoms in total. The minimum atomic E-state index is -0.798. The maximum atomic E-state index is 13.5. The second-order valence-electron chi connectivity index (χ2n) is 6.25. The summed E-state index contributed by atoms with van der Waals surface area (Å²) in [6.45, 7) is 0.436. The van der Waals surface area contributed by atoms with Crippen LogP contribution < -0.4 is 0 Å². The van der Waals surface area contributed by atoms with Crippen molar-refractivity contribution in [2.45, 2.75) is 18.9 Å². The zero-order chi connectivity index (χ0) is 19.0. The van der Waals surface area contributed by atoms with Crippen molar-refractivity contribution in [1.29, 1.82) is 0 Å². The first-order valence-corrected chi connectivity index (χ1v) is 8.76. The first-order chi connectivity index (χ1) is 13.0. The molecular formula is C19H14ClF2N3O2. The van der Waals surface area contributed by atoms with E-state index in [1.165, 1.54) is 4.90 Å². The lowest BCUT2D eigenvalue weighted by molar-refractivity contribution is 0.0709. The van der Waals surface area contributed by atoms with Gasteiger partial charge in [0.2, 0.25) is 11.7 Å². The van der Waals surface area contributed by atoms with Crippen LogP contribution in [0.2, 0.25) is 5.02 Å². The van der Waals surface area contributed by atoms with E-state index < -0.39 is 23.6 Å². The van der Waals surface area contributed by atoms with E-state index in [-0.39, 0.29) is 11.5 Å². The van der Waals surface area contributed by atoms with Gasteiger partial charge in [0.05, 0.1) is 5.02 Å². The molecule has 0 N–H and O–H groups in total. The molecule has 0 saturated carbocycles. The Labute approximate surface area is 158 Å². The summed E-state index contributed by atoms with van der Waals surface area (Å²) >= 11 is 6.16. The van der Waals surface area contributed by atoms with Crippen molar-refractivity contribution in [3.63, 3.8) is 0 Å². The zero-order valence-corrected chi connectivity index (χ0v) is 14.8. The molecule has 27 heavy (non-hydrogen) atoms. The summed E-state index contributed by atoms with van der Waals surface area (Å²) in [6, 6.07) is 9.40. The topological polar surface area (TPSA) is 59.2 Å². The van der Waals surface area contributed by atoms with Crippen LogP contribution >= 0.6 is 11.6 Å². The summed E-state index contributed by atoms with van der Waals surface area (Å²) in [5.41, 5.74) is 0.572. The van der Waals surface area contributed by atoms with Crippen LogP contribution in [0.1, 0.15) is 35.1 Å². The Bertz CT molecular complexity index is 988. The Morgan fingerprint density at radius 3 is 2.67 bits per heavy atom. The number of rotatable bonds is 3. The number of carbonyl (C=O) groups excluding carboxylic acids is 1. The Kier molecular flexibility index (Phi) is 4.61. The number of likely N-dealkylation sites (tertiary alicyclic amines) is 1. The second kappa shape index (κ2) is 7.08. The monoisotopic (exact) mass is 389 g/mol. The Hall–Kier alpha value is -2.80. The number of halogens is 3. The molecule has 1 aliphatic rings. The third-order valence-electron chi connectivity index (χ3n) is 4.46. The van der Waals surface area contributed by atoms with Crippen molar-refractivity contribution in [3.05, 3.63) is 70.6 Å². The summed E-state index contributed by atoms with van der Waals surface area (Å²) in [4.78, 5) is 18.6. The number of hydrogen-bond acceptors (Lipinski definition) is 4. The molecule has 0 aliphatic carbocycles. The normalized spacial score (nSPS) is 16.7. The molecule has 1 atom stereocenters. The zero-order valence-electron chi connectivity index (χ0n) is 14.0. The fraction of sp³-hybridized carbons (Fsp3) is 0.211. The van der Waals surface area contributed by atoms with Crippen LogP contribution in [0.3, 0.4) is 0 Å². The van der Waals surface area contributed by atoms with Gasteiger partial charge in [0.15, 0.2) is 0 Å². The van der Waals surface area contributed by atoms with Crippen molar-refractivity contribution in [1.82, 2.24) is 15.0 Å². The average Bonchev–Trinajstić information content (AvgIpc) is 3.30. The molecule has 8 heteroatoms. The average molecular weight is 390 g/mol. The number of carbonyl (C=O) groups is 1. The van der Waals surface area contributed by atoms with Gasteiger partial charge in [-0.05, 0) is 37.1 Å². The highest BCUT2D eigenvalue weighted by Gasteiger charge is 2.35. The van der Waals surface area contributed by atoms with E-state index in [9.17, 15) is 13.6 Å². The number of hydrogen-bond donors (Lipinski definition) is 0. The Morgan fingerprint density at radius 1 is 1.19 bits per heavy atom. The van der Waals surface area contributed by atoms with E-state index in [1.54, 1.807) is 24.3 Å². The molecule has 0 bridgehead atoms. The maximum absolute atomic E-state index is 13.5. The number of nitrogens with zero attached hydrogens (tertiary/aromatic N) is 3. The minimum Gasteiger partial charge on any atom is -0.337 e. The first kappa shape index (κ1) is 17.6. The second-order valence-corrected chi connectivity index (χ2v) is 6.66. The summed E-state index contributed by atoms with van der Waals surface area (Å²) in [5, 5.41) is 4.44. The Balaban J connectivity index is 1.62. The lowest BCUT2D eigenvalue weighted by Gasteiger charge is -2.22. The highest BCUT2D eigenvalue weighted by molar-refractivity contribution is 6.33. The SMILES string of the molecule is O=C(c1cc(F)cc(F)c1)N1CCCC1c1nc(-c2ccccc2Cl)no1. The van der Waals surface area contributed by atoms with Crippen LogP contribution in [-0.4, -0.2) is 27.5 Å². The van der Waals surface area contributed by atoms with Gasteiger partial charge in [-0.3, -0.25) is 4.79 Å². The van der Waals surface area contributed by atoms with E-state index in [4.69, 9.17) is 16.1 Å². The smallest absolute Gasteiger partial charge is 0.254 e. The molecule has 2 aromatic carbocycles.